The lowest BCUT2D eigenvalue weighted by Crippen LogP contribution is -2.55. The molecule has 172 valence electrons. The van der Waals surface area contributed by atoms with Crippen LogP contribution >= 0.6 is 0 Å². The predicted molar refractivity (Wildman–Crippen MR) is 119 cm³/mol. The minimum Gasteiger partial charge on any atom is -0.870 e. The van der Waals surface area contributed by atoms with Crippen LogP contribution in [-0.2, 0) is 4.79 Å². The number of aliphatic carboxylic acids is 1. The van der Waals surface area contributed by atoms with Gasteiger partial charge in [0.1, 0.15) is 13.1 Å². The Hall–Kier alpha value is -0.980. The fourth-order valence-corrected chi connectivity index (χ4v) is 4.38. The molecule has 0 saturated carbocycles. The third kappa shape index (κ3) is 12.3. The number of rotatable bonds is 19. The standard InChI is InChI=1S/C23H44N2O3.H2O/c1-2-3-4-5-6-7-8-9-10-11-12-13-14-15-16-22-24-17-18-25(22,19-20-26)21-23(27)28;/h26H,2-21H2,1H3;1H2. The highest BCUT2D eigenvalue weighted by Gasteiger charge is 2.39. The van der Waals surface area contributed by atoms with E-state index in [1.54, 1.807) is 0 Å². The third-order valence-electron chi connectivity index (χ3n) is 6.09. The summed E-state index contributed by atoms with van der Waals surface area (Å²) in [7, 11) is 0. The molecule has 0 aromatic carbocycles. The average molecular weight is 415 g/mol. The van der Waals surface area contributed by atoms with Crippen molar-refractivity contribution in [1.82, 2.24) is 0 Å². The Balaban J connectivity index is 0.00000784. The smallest absolute Gasteiger partial charge is 0.359 e. The second kappa shape index (κ2) is 17.8. The van der Waals surface area contributed by atoms with Crippen LogP contribution in [0.4, 0.5) is 0 Å². The van der Waals surface area contributed by atoms with Gasteiger partial charge in [0.2, 0.25) is 0 Å². The summed E-state index contributed by atoms with van der Waals surface area (Å²) in [6.07, 6.45) is 19.7. The van der Waals surface area contributed by atoms with Gasteiger partial charge in [-0.3, -0.25) is 4.48 Å². The molecule has 6 nitrogen and oxygen atoms in total. The summed E-state index contributed by atoms with van der Waals surface area (Å²) in [5, 5.41) is 18.6. The van der Waals surface area contributed by atoms with Crippen molar-refractivity contribution in [2.45, 2.75) is 103 Å². The number of amidine groups is 1. The molecule has 1 heterocycles. The van der Waals surface area contributed by atoms with E-state index in [1.807, 2.05) is 0 Å². The molecule has 1 unspecified atom stereocenters. The van der Waals surface area contributed by atoms with Gasteiger partial charge in [0.05, 0.1) is 13.2 Å². The first-order valence-corrected chi connectivity index (χ1v) is 11.9. The number of aliphatic hydroxyl groups excluding tert-OH is 1. The van der Waals surface area contributed by atoms with E-state index in [1.165, 1.54) is 83.5 Å². The molecule has 0 bridgehead atoms. The van der Waals surface area contributed by atoms with Crippen molar-refractivity contribution in [3.05, 3.63) is 0 Å². The number of quaternary nitrogens is 1. The number of carboxylic acids is 1. The van der Waals surface area contributed by atoms with Gasteiger partial charge in [-0.25, -0.2) is 9.79 Å². The highest BCUT2D eigenvalue weighted by Crippen LogP contribution is 2.20. The van der Waals surface area contributed by atoms with Crippen molar-refractivity contribution in [3.8, 4) is 0 Å². The molecular formula is C23H46N2O4. The number of aliphatic hydroxyl groups is 1. The Kier molecular flexibility index (Phi) is 17.2. The number of hydrogen-bond acceptors (Lipinski definition) is 4. The van der Waals surface area contributed by atoms with E-state index < -0.39 is 5.97 Å². The van der Waals surface area contributed by atoms with Crippen molar-refractivity contribution in [2.75, 3.05) is 32.8 Å². The normalized spacial score (nSPS) is 18.5. The number of hydrogen-bond donors (Lipinski definition) is 2. The Labute approximate surface area is 178 Å². The van der Waals surface area contributed by atoms with Crippen molar-refractivity contribution >= 4 is 11.8 Å². The predicted octanol–water partition coefficient (Wildman–Crippen LogP) is 4.99. The Morgan fingerprint density at radius 1 is 0.897 bits per heavy atom. The molecule has 0 spiro atoms. The third-order valence-corrected chi connectivity index (χ3v) is 6.09. The first-order chi connectivity index (χ1) is 13.6. The molecule has 0 radical (unpaired) electrons. The lowest BCUT2D eigenvalue weighted by Gasteiger charge is -2.32. The van der Waals surface area contributed by atoms with Gasteiger partial charge in [-0.1, -0.05) is 90.4 Å². The molecule has 0 aromatic rings. The Bertz CT molecular complexity index is 443. The van der Waals surface area contributed by atoms with Crippen LogP contribution in [0.25, 0.3) is 0 Å². The van der Waals surface area contributed by atoms with Crippen LogP contribution in [0.2, 0.25) is 0 Å². The van der Waals surface area contributed by atoms with Gasteiger partial charge in [0, 0.05) is 6.42 Å². The summed E-state index contributed by atoms with van der Waals surface area (Å²) in [5.74, 6) is 0.194. The molecule has 1 aliphatic rings. The fourth-order valence-electron chi connectivity index (χ4n) is 4.38. The second-order valence-corrected chi connectivity index (χ2v) is 8.51. The van der Waals surface area contributed by atoms with Crippen LogP contribution in [0.3, 0.4) is 0 Å². The topological polar surface area (TPSA) is 99.9 Å². The zero-order valence-electron chi connectivity index (χ0n) is 18.8. The van der Waals surface area contributed by atoms with Gasteiger partial charge >= 0.3 is 5.97 Å². The van der Waals surface area contributed by atoms with E-state index >= 15 is 0 Å². The van der Waals surface area contributed by atoms with Crippen LogP contribution in [-0.4, -0.2) is 64.8 Å². The van der Waals surface area contributed by atoms with Gasteiger partial charge in [0.15, 0.2) is 12.4 Å². The summed E-state index contributed by atoms with van der Waals surface area (Å²) >= 11 is 0. The highest BCUT2D eigenvalue weighted by molar-refractivity contribution is 5.80. The van der Waals surface area contributed by atoms with Gasteiger partial charge in [-0.2, -0.15) is 0 Å². The number of aliphatic imine (C=N–C) groups is 1. The van der Waals surface area contributed by atoms with Gasteiger partial charge in [-0.15, -0.1) is 0 Å². The first kappa shape index (κ1) is 28.0. The maximum atomic E-state index is 11.2. The number of carboxylic acid groups (broad SMARTS) is 1. The molecule has 0 amide bonds. The molecule has 29 heavy (non-hydrogen) atoms. The summed E-state index contributed by atoms with van der Waals surface area (Å²) in [6, 6.07) is 0. The summed E-state index contributed by atoms with van der Waals surface area (Å²) in [5.41, 5.74) is 0. The van der Waals surface area contributed by atoms with E-state index in [2.05, 4.69) is 11.9 Å². The number of unbranched alkanes of at least 4 members (excludes halogenated alkanes) is 13. The molecule has 1 atom stereocenters. The zero-order valence-corrected chi connectivity index (χ0v) is 18.8. The molecule has 1 aliphatic heterocycles. The lowest BCUT2D eigenvalue weighted by molar-refractivity contribution is -0.829. The Morgan fingerprint density at radius 2 is 1.38 bits per heavy atom. The molecule has 3 N–H and O–H groups in total. The van der Waals surface area contributed by atoms with E-state index in [4.69, 9.17) is 0 Å². The van der Waals surface area contributed by atoms with Crippen LogP contribution in [0.1, 0.15) is 103 Å². The van der Waals surface area contributed by atoms with E-state index in [9.17, 15) is 15.0 Å². The van der Waals surface area contributed by atoms with E-state index in [0.29, 0.717) is 17.6 Å². The van der Waals surface area contributed by atoms with Gasteiger partial charge in [0.25, 0.3) is 0 Å². The molecule has 0 aliphatic carbocycles. The highest BCUT2D eigenvalue weighted by atomic mass is 16.4. The van der Waals surface area contributed by atoms with Gasteiger partial charge in [-0.05, 0) is 6.42 Å². The van der Waals surface area contributed by atoms with Crippen LogP contribution in [0.5, 0.6) is 0 Å². The SMILES string of the molecule is CCCCCCCCCCCCCCCCC1=NCC[N+]1(CCO)CC(=O)O.[OH-]. The largest absolute Gasteiger partial charge is 0.870 e. The van der Waals surface area contributed by atoms with E-state index in [0.717, 1.165) is 25.2 Å². The summed E-state index contributed by atoms with van der Waals surface area (Å²) in [6.45, 7) is 4.24. The van der Waals surface area contributed by atoms with Crippen molar-refractivity contribution < 1.29 is 25.0 Å². The molecule has 6 heteroatoms. The maximum Gasteiger partial charge on any atom is 0.359 e. The second-order valence-electron chi connectivity index (χ2n) is 8.51. The van der Waals surface area contributed by atoms with Crippen molar-refractivity contribution in [3.63, 3.8) is 0 Å². The average Bonchev–Trinajstić information content (AvgIpc) is 3.03. The molecule has 1 rings (SSSR count). The fraction of sp³-hybridized carbons (Fsp3) is 0.913. The van der Waals surface area contributed by atoms with Crippen molar-refractivity contribution in [1.29, 1.82) is 0 Å². The minimum absolute atomic E-state index is 0. The van der Waals surface area contributed by atoms with Crippen molar-refractivity contribution in [2.24, 2.45) is 4.99 Å². The van der Waals surface area contributed by atoms with Gasteiger partial charge < -0.3 is 15.7 Å². The van der Waals surface area contributed by atoms with Crippen LogP contribution in [0.15, 0.2) is 4.99 Å². The summed E-state index contributed by atoms with van der Waals surface area (Å²) in [4.78, 5) is 15.8. The zero-order chi connectivity index (χ0) is 20.5. The Morgan fingerprint density at radius 3 is 1.83 bits per heavy atom. The quantitative estimate of drug-likeness (QED) is 0.230. The van der Waals surface area contributed by atoms with Crippen LogP contribution < -0.4 is 0 Å². The minimum atomic E-state index is -0.802. The number of carbonyl (C=O) groups is 1. The van der Waals surface area contributed by atoms with Crippen LogP contribution in [0, 0.1) is 0 Å². The number of nitrogens with zero attached hydrogens (tertiary/aromatic N) is 2. The van der Waals surface area contributed by atoms with E-state index in [-0.39, 0.29) is 18.6 Å². The first-order valence-electron chi connectivity index (χ1n) is 11.9. The molecular weight excluding hydrogens is 368 g/mol. The summed E-state index contributed by atoms with van der Waals surface area (Å²) < 4.78 is 0.365. The molecule has 0 aromatic heterocycles. The lowest BCUT2D eigenvalue weighted by atomic mass is 10.0. The monoisotopic (exact) mass is 414 g/mol. The molecule has 0 saturated heterocycles. The molecule has 0 fully saturated rings. The maximum absolute atomic E-state index is 11.2.